The third kappa shape index (κ3) is 3.82. The fourth-order valence-corrected chi connectivity index (χ4v) is 3.05. The van der Waals surface area contributed by atoms with E-state index in [1.165, 1.54) is 0 Å². The Morgan fingerprint density at radius 2 is 1.62 bits per heavy atom. The van der Waals surface area contributed by atoms with Gasteiger partial charge in [0, 0.05) is 45.0 Å². The number of carbonyl (C=O) groups excluding carboxylic acids is 2. The Morgan fingerprint density at radius 3 is 2.23 bits per heavy atom. The lowest BCUT2D eigenvalue weighted by atomic mass is 10.1. The van der Waals surface area contributed by atoms with E-state index in [0.29, 0.717) is 37.8 Å². The van der Waals surface area contributed by atoms with Gasteiger partial charge in [-0.15, -0.1) is 0 Å². The first kappa shape index (κ1) is 17.8. The van der Waals surface area contributed by atoms with E-state index < -0.39 is 0 Å². The Kier molecular flexibility index (Phi) is 5.16. The van der Waals surface area contributed by atoms with Gasteiger partial charge in [-0.2, -0.15) is 0 Å². The SMILES string of the molecule is CC(=O)N1CCN(C(=O)c2ccnc(Nc3c(C)cccc3C)n2)CC1. The first-order chi connectivity index (χ1) is 12.5. The molecule has 0 saturated carbocycles. The number of nitrogens with one attached hydrogen (secondary N) is 1. The Hall–Kier alpha value is -2.96. The lowest BCUT2D eigenvalue weighted by Crippen LogP contribution is -2.50. The van der Waals surface area contributed by atoms with E-state index >= 15 is 0 Å². The molecule has 1 aliphatic rings. The molecule has 136 valence electrons. The minimum absolute atomic E-state index is 0.0409. The Morgan fingerprint density at radius 1 is 1.00 bits per heavy atom. The minimum atomic E-state index is -0.139. The number of rotatable bonds is 3. The van der Waals surface area contributed by atoms with Crippen molar-refractivity contribution in [1.82, 2.24) is 19.8 Å². The quantitative estimate of drug-likeness (QED) is 0.915. The molecule has 1 fully saturated rings. The number of hydrogen-bond donors (Lipinski definition) is 1. The highest BCUT2D eigenvalue weighted by atomic mass is 16.2. The summed E-state index contributed by atoms with van der Waals surface area (Å²) >= 11 is 0. The Labute approximate surface area is 153 Å². The summed E-state index contributed by atoms with van der Waals surface area (Å²) in [4.78, 5) is 36.2. The zero-order valence-electron chi connectivity index (χ0n) is 15.3. The predicted molar refractivity (Wildman–Crippen MR) is 99.4 cm³/mol. The van der Waals surface area contributed by atoms with Gasteiger partial charge < -0.3 is 15.1 Å². The second-order valence-electron chi connectivity index (χ2n) is 6.46. The van der Waals surface area contributed by atoms with Gasteiger partial charge in [-0.25, -0.2) is 9.97 Å². The van der Waals surface area contributed by atoms with E-state index in [1.807, 2.05) is 32.0 Å². The third-order valence-electron chi connectivity index (χ3n) is 4.60. The van der Waals surface area contributed by atoms with Crippen LogP contribution >= 0.6 is 0 Å². The highest BCUT2D eigenvalue weighted by molar-refractivity contribution is 5.92. The molecule has 0 radical (unpaired) electrons. The van der Waals surface area contributed by atoms with Crippen molar-refractivity contribution in [3.8, 4) is 0 Å². The van der Waals surface area contributed by atoms with Crippen LogP contribution in [0.5, 0.6) is 0 Å². The van der Waals surface area contributed by atoms with Crippen LogP contribution in [-0.4, -0.2) is 57.8 Å². The molecule has 3 rings (SSSR count). The summed E-state index contributed by atoms with van der Waals surface area (Å²) < 4.78 is 0. The molecule has 1 aliphatic heterocycles. The van der Waals surface area contributed by atoms with Crippen LogP contribution in [0, 0.1) is 13.8 Å². The van der Waals surface area contributed by atoms with Crippen LogP contribution < -0.4 is 5.32 Å². The van der Waals surface area contributed by atoms with Crippen molar-refractivity contribution in [1.29, 1.82) is 0 Å². The fraction of sp³-hybridized carbons (Fsp3) is 0.368. The standard InChI is InChI=1S/C19H23N5O2/c1-13-5-4-6-14(2)17(13)22-19-20-8-7-16(21-19)18(26)24-11-9-23(10-12-24)15(3)25/h4-8H,9-12H2,1-3H3,(H,20,21,22). The molecule has 2 amide bonds. The largest absolute Gasteiger partial charge is 0.339 e. The number of benzene rings is 1. The van der Waals surface area contributed by atoms with Crippen LogP contribution in [0.4, 0.5) is 11.6 Å². The van der Waals surface area contributed by atoms with Crippen molar-refractivity contribution >= 4 is 23.5 Å². The molecule has 1 aromatic carbocycles. The summed E-state index contributed by atoms with van der Waals surface area (Å²) in [6.45, 7) is 7.72. The van der Waals surface area contributed by atoms with E-state index in [2.05, 4.69) is 15.3 Å². The topological polar surface area (TPSA) is 78.4 Å². The van der Waals surface area contributed by atoms with Crippen molar-refractivity contribution in [2.24, 2.45) is 0 Å². The Bertz CT molecular complexity index is 808. The number of hydrogen-bond acceptors (Lipinski definition) is 5. The molecule has 7 heteroatoms. The van der Waals surface area contributed by atoms with Crippen molar-refractivity contribution < 1.29 is 9.59 Å². The van der Waals surface area contributed by atoms with Gasteiger partial charge in [0.2, 0.25) is 11.9 Å². The van der Waals surface area contributed by atoms with Crippen LogP contribution in [0.2, 0.25) is 0 Å². The number of anilines is 2. The van der Waals surface area contributed by atoms with Gasteiger partial charge >= 0.3 is 0 Å². The zero-order valence-corrected chi connectivity index (χ0v) is 15.3. The Balaban J connectivity index is 1.73. The van der Waals surface area contributed by atoms with E-state index in [1.54, 1.807) is 29.0 Å². The molecule has 2 aromatic rings. The molecule has 0 aliphatic carbocycles. The summed E-state index contributed by atoms with van der Waals surface area (Å²) in [5.41, 5.74) is 3.48. The number of aromatic nitrogens is 2. The smallest absolute Gasteiger partial charge is 0.272 e. The number of para-hydroxylation sites is 1. The van der Waals surface area contributed by atoms with Crippen LogP contribution in [0.3, 0.4) is 0 Å². The monoisotopic (exact) mass is 353 g/mol. The van der Waals surface area contributed by atoms with Gasteiger partial charge in [-0.05, 0) is 31.0 Å². The minimum Gasteiger partial charge on any atom is -0.339 e. The fourth-order valence-electron chi connectivity index (χ4n) is 3.05. The normalized spacial score (nSPS) is 14.3. The van der Waals surface area contributed by atoms with E-state index in [4.69, 9.17) is 0 Å². The van der Waals surface area contributed by atoms with Crippen LogP contribution in [0.25, 0.3) is 0 Å². The molecular formula is C19H23N5O2. The molecular weight excluding hydrogens is 330 g/mol. The van der Waals surface area contributed by atoms with E-state index in [9.17, 15) is 9.59 Å². The number of amides is 2. The average molecular weight is 353 g/mol. The summed E-state index contributed by atoms with van der Waals surface area (Å²) in [6.07, 6.45) is 1.59. The van der Waals surface area contributed by atoms with E-state index in [0.717, 1.165) is 16.8 Å². The maximum atomic E-state index is 12.7. The summed E-state index contributed by atoms with van der Waals surface area (Å²) in [7, 11) is 0. The second kappa shape index (κ2) is 7.51. The molecule has 2 heterocycles. The number of carbonyl (C=O) groups is 2. The van der Waals surface area contributed by atoms with Gasteiger partial charge in [0.15, 0.2) is 0 Å². The highest BCUT2D eigenvalue weighted by Gasteiger charge is 2.24. The first-order valence-corrected chi connectivity index (χ1v) is 8.67. The van der Waals surface area contributed by atoms with Crippen LogP contribution in [0.15, 0.2) is 30.5 Å². The van der Waals surface area contributed by atoms with Crippen molar-refractivity contribution in [2.45, 2.75) is 20.8 Å². The summed E-state index contributed by atoms with van der Waals surface area (Å²) in [6, 6.07) is 7.64. The second-order valence-corrected chi connectivity index (χ2v) is 6.46. The maximum absolute atomic E-state index is 12.7. The van der Waals surface area contributed by atoms with Gasteiger partial charge in [0.05, 0.1) is 0 Å². The van der Waals surface area contributed by atoms with Crippen molar-refractivity contribution in [2.75, 3.05) is 31.5 Å². The molecule has 0 spiro atoms. The molecule has 1 aromatic heterocycles. The molecule has 0 unspecified atom stereocenters. The maximum Gasteiger partial charge on any atom is 0.272 e. The number of piperazine rings is 1. The molecule has 26 heavy (non-hydrogen) atoms. The zero-order chi connectivity index (χ0) is 18.7. The lowest BCUT2D eigenvalue weighted by Gasteiger charge is -2.34. The average Bonchev–Trinajstić information content (AvgIpc) is 2.64. The van der Waals surface area contributed by atoms with Crippen molar-refractivity contribution in [3.63, 3.8) is 0 Å². The van der Waals surface area contributed by atoms with Gasteiger partial charge in [0.25, 0.3) is 5.91 Å². The van der Waals surface area contributed by atoms with Crippen molar-refractivity contribution in [3.05, 3.63) is 47.3 Å². The molecule has 0 bridgehead atoms. The molecule has 7 nitrogen and oxygen atoms in total. The molecule has 1 N–H and O–H groups in total. The van der Waals surface area contributed by atoms with Gasteiger partial charge in [-0.1, -0.05) is 18.2 Å². The van der Waals surface area contributed by atoms with Gasteiger partial charge in [-0.3, -0.25) is 9.59 Å². The van der Waals surface area contributed by atoms with E-state index in [-0.39, 0.29) is 11.8 Å². The predicted octanol–water partition coefficient (Wildman–Crippen LogP) is 2.14. The molecule has 0 atom stereocenters. The third-order valence-corrected chi connectivity index (χ3v) is 4.60. The molecule has 1 saturated heterocycles. The van der Waals surface area contributed by atoms with Gasteiger partial charge in [0.1, 0.15) is 5.69 Å². The summed E-state index contributed by atoms with van der Waals surface area (Å²) in [5, 5.41) is 3.21. The highest BCUT2D eigenvalue weighted by Crippen LogP contribution is 2.22. The van der Waals surface area contributed by atoms with Crippen LogP contribution in [-0.2, 0) is 4.79 Å². The number of aryl methyl sites for hydroxylation is 2. The first-order valence-electron chi connectivity index (χ1n) is 8.67. The number of nitrogens with zero attached hydrogens (tertiary/aromatic N) is 4. The van der Waals surface area contributed by atoms with Crippen LogP contribution in [0.1, 0.15) is 28.5 Å². The summed E-state index contributed by atoms with van der Waals surface area (Å²) in [5.74, 6) is 0.301. The lowest BCUT2D eigenvalue weighted by molar-refractivity contribution is -0.130.